The SMILES string of the molecule is Cc1cc(Br)ccc1NC(=O)C1CC1C(=O)NCc1ccncc1. The fourth-order valence-electron chi connectivity index (χ4n) is 2.59. The summed E-state index contributed by atoms with van der Waals surface area (Å²) in [6, 6.07) is 9.40. The molecule has 0 aliphatic heterocycles. The van der Waals surface area contributed by atoms with Crippen LogP contribution in [0.1, 0.15) is 17.5 Å². The molecule has 24 heavy (non-hydrogen) atoms. The average Bonchev–Trinajstić information content (AvgIpc) is 3.37. The summed E-state index contributed by atoms with van der Waals surface area (Å²) in [6.07, 6.45) is 3.98. The Bertz CT molecular complexity index is 764. The summed E-state index contributed by atoms with van der Waals surface area (Å²) in [5.41, 5.74) is 2.76. The van der Waals surface area contributed by atoms with Crippen molar-refractivity contribution in [3.63, 3.8) is 0 Å². The van der Waals surface area contributed by atoms with Crippen molar-refractivity contribution in [1.82, 2.24) is 10.3 Å². The Morgan fingerprint density at radius 3 is 2.58 bits per heavy atom. The van der Waals surface area contributed by atoms with E-state index in [1.54, 1.807) is 12.4 Å². The molecule has 1 aliphatic carbocycles. The molecule has 2 aromatic rings. The van der Waals surface area contributed by atoms with Crippen LogP contribution in [-0.2, 0) is 16.1 Å². The Morgan fingerprint density at radius 1 is 1.17 bits per heavy atom. The quantitative estimate of drug-likeness (QED) is 0.827. The number of hydrogen-bond acceptors (Lipinski definition) is 3. The van der Waals surface area contributed by atoms with Gasteiger partial charge >= 0.3 is 0 Å². The third-order valence-corrected chi connectivity index (χ3v) is 4.62. The lowest BCUT2D eigenvalue weighted by Gasteiger charge is -2.09. The lowest BCUT2D eigenvalue weighted by molar-refractivity contribution is -0.125. The van der Waals surface area contributed by atoms with E-state index in [-0.39, 0.29) is 23.7 Å². The van der Waals surface area contributed by atoms with Crippen LogP contribution >= 0.6 is 15.9 Å². The molecular weight excluding hydrogens is 370 g/mol. The maximum absolute atomic E-state index is 12.3. The van der Waals surface area contributed by atoms with Crippen molar-refractivity contribution >= 4 is 33.4 Å². The smallest absolute Gasteiger partial charge is 0.228 e. The largest absolute Gasteiger partial charge is 0.352 e. The molecule has 1 heterocycles. The van der Waals surface area contributed by atoms with Gasteiger partial charge in [0.2, 0.25) is 11.8 Å². The average molecular weight is 388 g/mol. The number of aromatic nitrogens is 1. The zero-order chi connectivity index (χ0) is 17.1. The summed E-state index contributed by atoms with van der Waals surface area (Å²) < 4.78 is 0.970. The van der Waals surface area contributed by atoms with Crippen LogP contribution < -0.4 is 10.6 Å². The first kappa shape index (κ1) is 16.6. The molecule has 3 rings (SSSR count). The van der Waals surface area contributed by atoms with Gasteiger partial charge in [-0.25, -0.2) is 0 Å². The van der Waals surface area contributed by atoms with Gasteiger partial charge in [0.1, 0.15) is 0 Å². The lowest BCUT2D eigenvalue weighted by atomic mass is 10.2. The summed E-state index contributed by atoms with van der Waals surface area (Å²) in [7, 11) is 0. The molecule has 2 atom stereocenters. The third kappa shape index (κ3) is 4.00. The molecule has 1 aliphatic rings. The highest BCUT2D eigenvalue weighted by Gasteiger charge is 2.47. The normalized spacial score (nSPS) is 18.8. The summed E-state index contributed by atoms with van der Waals surface area (Å²) in [4.78, 5) is 28.4. The molecule has 1 aromatic carbocycles. The predicted molar refractivity (Wildman–Crippen MR) is 95.2 cm³/mol. The fraction of sp³-hybridized carbons (Fsp3) is 0.278. The van der Waals surface area contributed by atoms with E-state index in [2.05, 4.69) is 31.5 Å². The third-order valence-electron chi connectivity index (χ3n) is 4.13. The first-order valence-corrected chi connectivity index (χ1v) is 8.57. The highest BCUT2D eigenvalue weighted by atomic mass is 79.9. The van der Waals surface area contributed by atoms with Crippen molar-refractivity contribution in [2.75, 3.05) is 5.32 Å². The van der Waals surface area contributed by atoms with Gasteiger partial charge in [0.15, 0.2) is 0 Å². The number of aryl methyl sites for hydroxylation is 1. The fourth-order valence-corrected chi connectivity index (χ4v) is 3.06. The van der Waals surface area contributed by atoms with Gasteiger partial charge in [-0.2, -0.15) is 0 Å². The molecule has 1 aromatic heterocycles. The van der Waals surface area contributed by atoms with Gasteiger partial charge in [0.25, 0.3) is 0 Å². The predicted octanol–water partition coefficient (Wildman–Crippen LogP) is 3.04. The number of nitrogens with zero attached hydrogens (tertiary/aromatic N) is 1. The van der Waals surface area contributed by atoms with E-state index in [1.165, 1.54) is 0 Å². The zero-order valence-corrected chi connectivity index (χ0v) is 14.8. The molecule has 124 valence electrons. The number of amides is 2. The van der Waals surface area contributed by atoms with E-state index >= 15 is 0 Å². The molecule has 2 N–H and O–H groups in total. The molecular formula is C18H18BrN3O2. The van der Waals surface area contributed by atoms with Crippen molar-refractivity contribution in [1.29, 1.82) is 0 Å². The Labute approximate surface area is 149 Å². The Morgan fingerprint density at radius 2 is 1.88 bits per heavy atom. The zero-order valence-electron chi connectivity index (χ0n) is 13.3. The number of hydrogen-bond donors (Lipinski definition) is 2. The van der Waals surface area contributed by atoms with Gasteiger partial charge in [-0.1, -0.05) is 15.9 Å². The molecule has 2 amide bonds. The Balaban J connectivity index is 1.51. The number of benzene rings is 1. The second kappa shape index (κ2) is 7.13. The van der Waals surface area contributed by atoms with Gasteiger partial charge in [-0.3, -0.25) is 14.6 Å². The van der Waals surface area contributed by atoms with Crippen LogP contribution in [0.25, 0.3) is 0 Å². The van der Waals surface area contributed by atoms with Gasteiger partial charge in [0.05, 0.1) is 11.8 Å². The second-order valence-corrected chi connectivity index (χ2v) is 6.89. The number of nitrogens with one attached hydrogen (secondary N) is 2. The maximum Gasteiger partial charge on any atom is 0.228 e. The van der Waals surface area contributed by atoms with Crippen molar-refractivity contribution in [3.8, 4) is 0 Å². The number of carbonyl (C=O) groups excluding carboxylic acids is 2. The van der Waals surface area contributed by atoms with E-state index in [4.69, 9.17) is 0 Å². The first-order chi connectivity index (χ1) is 11.5. The second-order valence-electron chi connectivity index (χ2n) is 5.97. The summed E-state index contributed by atoms with van der Waals surface area (Å²) in [5, 5.41) is 5.79. The van der Waals surface area contributed by atoms with Crippen molar-refractivity contribution < 1.29 is 9.59 Å². The first-order valence-electron chi connectivity index (χ1n) is 7.78. The number of anilines is 1. The van der Waals surface area contributed by atoms with Crippen LogP contribution in [0, 0.1) is 18.8 Å². The van der Waals surface area contributed by atoms with Crippen LogP contribution in [0.15, 0.2) is 47.2 Å². The van der Waals surface area contributed by atoms with E-state index < -0.39 is 0 Å². The van der Waals surface area contributed by atoms with E-state index in [1.807, 2.05) is 37.3 Å². The van der Waals surface area contributed by atoms with Gasteiger partial charge in [-0.05, 0) is 54.8 Å². The van der Waals surface area contributed by atoms with Crippen LogP contribution in [0.2, 0.25) is 0 Å². The molecule has 6 heteroatoms. The number of pyridine rings is 1. The molecule has 0 spiro atoms. The maximum atomic E-state index is 12.3. The minimum absolute atomic E-state index is 0.0699. The molecule has 2 unspecified atom stereocenters. The van der Waals surface area contributed by atoms with Crippen LogP contribution in [0.4, 0.5) is 5.69 Å². The topological polar surface area (TPSA) is 71.1 Å². The molecule has 0 radical (unpaired) electrons. The van der Waals surface area contributed by atoms with Crippen molar-refractivity contribution in [2.24, 2.45) is 11.8 Å². The Hall–Kier alpha value is -2.21. The lowest BCUT2D eigenvalue weighted by Crippen LogP contribution is -2.27. The highest BCUT2D eigenvalue weighted by molar-refractivity contribution is 9.10. The monoisotopic (exact) mass is 387 g/mol. The van der Waals surface area contributed by atoms with Gasteiger partial charge < -0.3 is 10.6 Å². The standard InChI is InChI=1S/C18H18BrN3O2/c1-11-8-13(19)2-3-16(11)22-18(24)15-9-14(15)17(23)21-10-12-4-6-20-7-5-12/h2-8,14-15H,9-10H2,1H3,(H,21,23)(H,22,24). The van der Waals surface area contributed by atoms with E-state index in [0.29, 0.717) is 13.0 Å². The molecule has 1 saturated carbocycles. The summed E-state index contributed by atoms with van der Waals surface area (Å²) >= 11 is 3.40. The Kier molecular flexibility index (Phi) is 4.94. The summed E-state index contributed by atoms with van der Waals surface area (Å²) in [5.74, 6) is -0.642. The van der Waals surface area contributed by atoms with Crippen LogP contribution in [0.3, 0.4) is 0 Å². The van der Waals surface area contributed by atoms with Gasteiger partial charge in [0, 0.05) is 29.1 Å². The van der Waals surface area contributed by atoms with Crippen LogP contribution in [-0.4, -0.2) is 16.8 Å². The molecule has 0 bridgehead atoms. The van der Waals surface area contributed by atoms with Gasteiger partial charge in [-0.15, -0.1) is 0 Å². The molecule has 0 saturated heterocycles. The van der Waals surface area contributed by atoms with E-state index in [0.717, 1.165) is 21.3 Å². The van der Waals surface area contributed by atoms with Crippen molar-refractivity contribution in [3.05, 3.63) is 58.3 Å². The minimum Gasteiger partial charge on any atom is -0.352 e. The summed E-state index contributed by atoms with van der Waals surface area (Å²) in [6.45, 7) is 2.39. The number of rotatable bonds is 5. The van der Waals surface area contributed by atoms with Crippen LogP contribution in [0.5, 0.6) is 0 Å². The van der Waals surface area contributed by atoms with Crippen molar-refractivity contribution in [2.45, 2.75) is 19.9 Å². The highest BCUT2D eigenvalue weighted by Crippen LogP contribution is 2.39. The number of halogens is 1. The number of carbonyl (C=O) groups is 2. The molecule has 1 fully saturated rings. The molecule has 5 nitrogen and oxygen atoms in total. The van der Waals surface area contributed by atoms with E-state index in [9.17, 15) is 9.59 Å². The minimum atomic E-state index is -0.245.